The summed E-state index contributed by atoms with van der Waals surface area (Å²) < 4.78 is 49.0. The van der Waals surface area contributed by atoms with E-state index < -0.39 is 21.2 Å². The first-order valence-corrected chi connectivity index (χ1v) is 6.25. The van der Waals surface area contributed by atoms with Gasteiger partial charge in [0.15, 0.2) is 11.1 Å². The van der Waals surface area contributed by atoms with Gasteiger partial charge in [-0.15, -0.1) is 0 Å². The molecule has 0 saturated heterocycles. The Labute approximate surface area is 83.8 Å². The maximum absolute atomic E-state index is 10.7. The molecule has 1 unspecified atom stereocenters. The van der Waals surface area contributed by atoms with E-state index in [4.69, 9.17) is 9.11 Å². The van der Waals surface area contributed by atoms with Crippen LogP contribution in [-0.4, -0.2) is 21.7 Å². The molecule has 1 aromatic rings. The highest BCUT2D eigenvalue weighted by atomic mass is 32.2. The molecule has 0 spiro atoms. The van der Waals surface area contributed by atoms with Crippen molar-refractivity contribution in [3.05, 3.63) is 29.8 Å². The van der Waals surface area contributed by atoms with Crippen LogP contribution in [0.15, 0.2) is 29.2 Å². The van der Waals surface area contributed by atoms with E-state index in [1.54, 1.807) is 0 Å². The van der Waals surface area contributed by atoms with E-state index >= 15 is 0 Å². The second-order valence-corrected chi connectivity index (χ2v) is 4.94. The molecule has 0 amide bonds. The molecular formula is C7H8O5S2. The molecular weight excluding hydrogens is 228 g/mol. The summed E-state index contributed by atoms with van der Waals surface area (Å²) in [6.07, 6.45) is 0. The van der Waals surface area contributed by atoms with Crippen molar-refractivity contribution in [2.24, 2.45) is 0 Å². The first-order valence-electron chi connectivity index (χ1n) is 3.53. The van der Waals surface area contributed by atoms with Crippen LogP contribution in [0.1, 0.15) is 5.56 Å². The average molecular weight is 236 g/mol. The van der Waals surface area contributed by atoms with E-state index in [1.165, 1.54) is 18.2 Å². The van der Waals surface area contributed by atoms with Gasteiger partial charge in [-0.1, -0.05) is 12.1 Å². The molecule has 0 saturated carbocycles. The van der Waals surface area contributed by atoms with Gasteiger partial charge in [0.2, 0.25) is 0 Å². The van der Waals surface area contributed by atoms with Crippen molar-refractivity contribution in [3.8, 4) is 0 Å². The van der Waals surface area contributed by atoms with Crippen molar-refractivity contribution >= 4 is 21.2 Å². The molecule has 0 aliphatic carbocycles. The topological polar surface area (TPSA) is 91.7 Å². The Hall–Kier alpha value is -0.760. The van der Waals surface area contributed by atoms with Crippen LogP contribution < -0.4 is 0 Å². The number of benzene rings is 1. The van der Waals surface area contributed by atoms with Gasteiger partial charge < -0.3 is 4.55 Å². The van der Waals surface area contributed by atoms with Crippen LogP contribution in [0.3, 0.4) is 0 Å². The summed E-state index contributed by atoms with van der Waals surface area (Å²) in [4.78, 5) is -0.277. The summed E-state index contributed by atoms with van der Waals surface area (Å²) in [6, 6.07) is 5.26. The Bertz CT molecular complexity index is 451. The Kier molecular flexibility index (Phi) is 3.38. The molecule has 1 atom stereocenters. The van der Waals surface area contributed by atoms with Gasteiger partial charge in [0.1, 0.15) is 0 Å². The molecule has 0 bridgehead atoms. The predicted octanol–water partition coefficient (Wildman–Crippen LogP) is 0.655. The molecule has 0 radical (unpaired) electrons. The predicted molar refractivity (Wildman–Crippen MR) is 50.7 cm³/mol. The smallest absolute Gasteiger partial charge is 0.294 e. The van der Waals surface area contributed by atoms with Crippen LogP contribution in [0.25, 0.3) is 0 Å². The average Bonchev–Trinajstić information content (AvgIpc) is 2.01. The third-order valence-electron chi connectivity index (χ3n) is 1.49. The third kappa shape index (κ3) is 3.18. The van der Waals surface area contributed by atoms with Gasteiger partial charge >= 0.3 is 0 Å². The fraction of sp³-hybridized carbons (Fsp3) is 0.143. The van der Waals surface area contributed by atoms with E-state index in [2.05, 4.69) is 0 Å². The highest BCUT2D eigenvalue weighted by Crippen LogP contribution is 2.11. The lowest BCUT2D eigenvalue weighted by Gasteiger charge is -2.00. The number of hydrogen-bond donors (Lipinski definition) is 2. The van der Waals surface area contributed by atoms with Crippen molar-refractivity contribution < 1.29 is 21.7 Å². The highest BCUT2D eigenvalue weighted by molar-refractivity contribution is 7.85. The molecule has 0 aliphatic rings. The van der Waals surface area contributed by atoms with Crippen molar-refractivity contribution in [2.75, 3.05) is 0 Å². The second kappa shape index (κ2) is 4.18. The highest BCUT2D eigenvalue weighted by Gasteiger charge is 2.09. The Balaban J connectivity index is 3.08. The van der Waals surface area contributed by atoms with Crippen LogP contribution in [0.5, 0.6) is 0 Å². The molecule has 1 aromatic carbocycles. The summed E-state index contributed by atoms with van der Waals surface area (Å²) in [7, 11) is -4.24. The minimum Gasteiger partial charge on any atom is -0.306 e. The van der Waals surface area contributed by atoms with Gasteiger partial charge in [0.25, 0.3) is 10.1 Å². The molecule has 0 aromatic heterocycles. The SMILES string of the molecule is O=S(O)Cc1cccc(S(=O)(=O)O)c1. The standard InChI is InChI=1S/C7H8O5S2/c8-13(9)5-6-2-1-3-7(4-6)14(10,11)12/h1-4H,5H2,(H,8,9)(H,10,11,12). The zero-order valence-corrected chi connectivity index (χ0v) is 8.59. The lowest BCUT2D eigenvalue weighted by Crippen LogP contribution is -2.00. The summed E-state index contributed by atoms with van der Waals surface area (Å²) in [5.41, 5.74) is 0.376. The molecule has 14 heavy (non-hydrogen) atoms. The molecule has 78 valence electrons. The van der Waals surface area contributed by atoms with Crippen LogP contribution in [0, 0.1) is 0 Å². The molecule has 7 heteroatoms. The van der Waals surface area contributed by atoms with E-state index in [0.29, 0.717) is 5.56 Å². The molecule has 0 fully saturated rings. The molecule has 0 heterocycles. The zero-order valence-electron chi connectivity index (χ0n) is 6.95. The van der Waals surface area contributed by atoms with Gasteiger partial charge in [0, 0.05) is 0 Å². The van der Waals surface area contributed by atoms with E-state index in [-0.39, 0.29) is 10.6 Å². The van der Waals surface area contributed by atoms with E-state index in [1.807, 2.05) is 0 Å². The summed E-state index contributed by atoms with van der Waals surface area (Å²) in [5, 5.41) is 0. The van der Waals surface area contributed by atoms with Gasteiger partial charge in [-0.3, -0.25) is 4.55 Å². The van der Waals surface area contributed by atoms with Gasteiger partial charge in [-0.25, -0.2) is 4.21 Å². The van der Waals surface area contributed by atoms with Crippen molar-refractivity contribution in [2.45, 2.75) is 10.6 Å². The minimum absolute atomic E-state index is 0.163. The Morgan fingerprint density at radius 2 is 2.00 bits per heavy atom. The normalized spacial score (nSPS) is 13.9. The first-order chi connectivity index (χ1) is 6.39. The maximum atomic E-state index is 10.7. The van der Waals surface area contributed by atoms with Crippen molar-refractivity contribution in [1.82, 2.24) is 0 Å². The van der Waals surface area contributed by atoms with Crippen LogP contribution in [-0.2, 0) is 27.0 Å². The van der Waals surface area contributed by atoms with Crippen molar-refractivity contribution in [1.29, 1.82) is 0 Å². The first kappa shape index (κ1) is 11.3. The summed E-state index contributed by atoms with van der Waals surface area (Å²) in [6.45, 7) is 0. The lowest BCUT2D eigenvalue weighted by atomic mass is 10.2. The summed E-state index contributed by atoms with van der Waals surface area (Å²) >= 11 is -2.03. The minimum atomic E-state index is -4.24. The molecule has 2 N–H and O–H groups in total. The zero-order chi connectivity index (χ0) is 10.8. The van der Waals surface area contributed by atoms with Crippen LogP contribution in [0.2, 0.25) is 0 Å². The quantitative estimate of drug-likeness (QED) is 0.594. The maximum Gasteiger partial charge on any atom is 0.294 e. The number of rotatable bonds is 3. The van der Waals surface area contributed by atoms with Crippen molar-refractivity contribution in [3.63, 3.8) is 0 Å². The summed E-state index contributed by atoms with van der Waals surface area (Å²) in [5.74, 6) is -0.163. The van der Waals surface area contributed by atoms with Gasteiger partial charge in [-0.05, 0) is 17.7 Å². The van der Waals surface area contributed by atoms with E-state index in [9.17, 15) is 12.6 Å². The van der Waals surface area contributed by atoms with Crippen LogP contribution >= 0.6 is 0 Å². The van der Waals surface area contributed by atoms with Gasteiger partial charge in [0.05, 0.1) is 10.6 Å². The Morgan fingerprint density at radius 1 is 1.36 bits per heavy atom. The second-order valence-electron chi connectivity index (χ2n) is 2.59. The largest absolute Gasteiger partial charge is 0.306 e. The molecule has 0 aliphatic heterocycles. The third-order valence-corrected chi connectivity index (χ3v) is 2.92. The molecule has 5 nitrogen and oxygen atoms in total. The number of hydrogen-bond acceptors (Lipinski definition) is 3. The fourth-order valence-electron chi connectivity index (χ4n) is 0.938. The fourth-order valence-corrected chi connectivity index (χ4v) is 1.95. The van der Waals surface area contributed by atoms with Crippen LogP contribution in [0.4, 0.5) is 0 Å². The Morgan fingerprint density at radius 3 is 2.50 bits per heavy atom. The van der Waals surface area contributed by atoms with E-state index in [0.717, 1.165) is 6.07 Å². The monoisotopic (exact) mass is 236 g/mol. The van der Waals surface area contributed by atoms with Gasteiger partial charge in [-0.2, -0.15) is 8.42 Å². The lowest BCUT2D eigenvalue weighted by molar-refractivity contribution is 0.483. The molecule has 1 rings (SSSR count).